The number of aliphatic hydroxyl groups is 1. The monoisotopic (exact) mass is 330 g/mol. The Kier molecular flexibility index (Phi) is 4.53. The molecule has 7 nitrogen and oxygen atoms in total. The SMILES string of the molecule is Cc1cc(C(=O)N(C)C[C@@]2(O)CCCN(c3ccccn3)C2)on1. The van der Waals surface area contributed by atoms with Gasteiger partial charge in [-0.2, -0.15) is 0 Å². The molecular formula is C17H22N4O3. The third-order valence-electron chi connectivity index (χ3n) is 4.25. The second kappa shape index (κ2) is 6.60. The molecule has 0 spiro atoms. The number of nitrogens with zero attached hydrogens (tertiary/aromatic N) is 4. The lowest BCUT2D eigenvalue weighted by atomic mass is 9.92. The fourth-order valence-electron chi connectivity index (χ4n) is 3.14. The molecule has 2 aromatic heterocycles. The number of aryl methyl sites for hydroxylation is 1. The van der Waals surface area contributed by atoms with Crippen molar-refractivity contribution in [2.75, 3.05) is 31.6 Å². The smallest absolute Gasteiger partial charge is 0.292 e. The van der Waals surface area contributed by atoms with Gasteiger partial charge in [-0.3, -0.25) is 4.79 Å². The summed E-state index contributed by atoms with van der Waals surface area (Å²) in [6.07, 6.45) is 3.23. The molecule has 3 heterocycles. The van der Waals surface area contributed by atoms with E-state index in [9.17, 15) is 9.90 Å². The van der Waals surface area contributed by atoms with Crippen molar-refractivity contribution < 1.29 is 14.4 Å². The maximum atomic E-state index is 12.4. The number of hydrogen-bond donors (Lipinski definition) is 1. The fourth-order valence-corrected chi connectivity index (χ4v) is 3.14. The molecule has 1 saturated heterocycles. The Bertz CT molecular complexity index is 703. The van der Waals surface area contributed by atoms with Crippen LogP contribution in [0.3, 0.4) is 0 Å². The number of β-amino-alcohol motifs (C(OH)–C–C–N with tert-alkyl or cyclic N) is 1. The third kappa shape index (κ3) is 3.56. The Hall–Kier alpha value is -2.41. The number of pyridine rings is 1. The van der Waals surface area contributed by atoms with Crippen LogP contribution in [0.25, 0.3) is 0 Å². The van der Waals surface area contributed by atoms with Crippen molar-refractivity contribution in [3.05, 3.63) is 41.9 Å². The molecule has 7 heteroatoms. The summed E-state index contributed by atoms with van der Waals surface area (Å²) >= 11 is 0. The van der Waals surface area contributed by atoms with Crippen molar-refractivity contribution in [1.82, 2.24) is 15.0 Å². The van der Waals surface area contributed by atoms with Crippen LogP contribution in [0.1, 0.15) is 29.1 Å². The Morgan fingerprint density at radius 3 is 3.00 bits per heavy atom. The zero-order chi connectivity index (χ0) is 17.2. The normalized spacial score (nSPS) is 20.9. The largest absolute Gasteiger partial charge is 0.386 e. The summed E-state index contributed by atoms with van der Waals surface area (Å²) in [6.45, 7) is 3.28. The molecular weight excluding hydrogens is 308 g/mol. The molecule has 1 atom stereocenters. The molecule has 1 aliphatic heterocycles. The summed E-state index contributed by atoms with van der Waals surface area (Å²) in [7, 11) is 1.66. The fraction of sp³-hybridized carbons (Fsp3) is 0.471. The second-order valence-electron chi connectivity index (χ2n) is 6.43. The second-order valence-corrected chi connectivity index (χ2v) is 6.43. The van der Waals surface area contributed by atoms with E-state index in [1.807, 2.05) is 18.2 Å². The highest BCUT2D eigenvalue weighted by molar-refractivity contribution is 5.91. The maximum absolute atomic E-state index is 12.4. The first kappa shape index (κ1) is 16.4. The van der Waals surface area contributed by atoms with Crippen molar-refractivity contribution in [2.45, 2.75) is 25.4 Å². The quantitative estimate of drug-likeness (QED) is 0.914. The molecule has 1 fully saturated rings. The predicted molar refractivity (Wildman–Crippen MR) is 88.8 cm³/mol. The van der Waals surface area contributed by atoms with Crippen LogP contribution in [0.15, 0.2) is 35.0 Å². The Labute approximate surface area is 140 Å². The highest BCUT2D eigenvalue weighted by Gasteiger charge is 2.36. The molecule has 1 amide bonds. The number of piperidine rings is 1. The van der Waals surface area contributed by atoms with E-state index < -0.39 is 5.60 Å². The summed E-state index contributed by atoms with van der Waals surface area (Å²) < 4.78 is 5.02. The van der Waals surface area contributed by atoms with E-state index in [1.165, 1.54) is 4.90 Å². The van der Waals surface area contributed by atoms with E-state index in [-0.39, 0.29) is 18.2 Å². The standard InChI is InChI=1S/C17H22N4O3/c1-13-10-14(24-19-13)16(22)20(2)11-17(23)7-5-9-21(12-17)15-6-3-4-8-18-15/h3-4,6,8,10,23H,5,7,9,11-12H2,1-2H3/t17-/m0/s1. The molecule has 0 unspecified atom stereocenters. The first-order valence-electron chi connectivity index (χ1n) is 8.04. The number of anilines is 1. The lowest BCUT2D eigenvalue weighted by Crippen LogP contribution is -2.54. The van der Waals surface area contributed by atoms with E-state index in [4.69, 9.17) is 4.52 Å². The summed E-state index contributed by atoms with van der Waals surface area (Å²) in [5.41, 5.74) is -0.320. The van der Waals surface area contributed by atoms with E-state index in [0.29, 0.717) is 18.7 Å². The van der Waals surface area contributed by atoms with E-state index in [1.54, 1.807) is 26.2 Å². The lowest BCUT2D eigenvalue weighted by Gasteiger charge is -2.41. The summed E-state index contributed by atoms with van der Waals surface area (Å²) in [6, 6.07) is 7.32. The van der Waals surface area contributed by atoms with Gasteiger partial charge >= 0.3 is 0 Å². The van der Waals surface area contributed by atoms with Crippen molar-refractivity contribution in [3.8, 4) is 0 Å². The van der Waals surface area contributed by atoms with Crippen LogP contribution in [0.2, 0.25) is 0 Å². The molecule has 1 aliphatic rings. The van der Waals surface area contributed by atoms with Gasteiger partial charge in [-0.25, -0.2) is 4.98 Å². The van der Waals surface area contributed by atoms with Gasteiger partial charge in [0.25, 0.3) is 5.91 Å². The van der Waals surface area contributed by atoms with Crippen molar-refractivity contribution in [3.63, 3.8) is 0 Å². The summed E-state index contributed by atoms with van der Waals surface area (Å²) in [5, 5.41) is 14.7. The van der Waals surface area contributed by atoms with Crippen LogP contribution in [-0.2, 0) is 0 Å². The number of rotatable bonds is 4. The van der Waals surface area contributed by atoms with Crippen molar-refractivity contribution >= 4 is 11.7 Å². The van der Waals surface area contributed by atoms with Crippen LogP contribution in [0.5, 0.6) is 0 Å². The average Bonchev–Trinajstić information content (AvgIpc) is 3.01. The molecule has 128 valence electrons. The van der Waals surface area contributed by atoms with E-state index in [2.05, 4.69) is 15.0 Å². The molecule has 0 radical (unpaired) electrons. The van der Waals surface area contributed by atoms with Gasteiger partial charge in [-0.05, 0) is 31.9 Å². The molecule has 24 heavy (non-hydrogen) atoms. The van der Waals surface area contributed by atoms with Crippen LogP contribution >= 0.6 is 0 Å². The Balaban J connectivity index is 1.67. The van der Waals surface area contributed by atoms with Crippen LogP contribution in [0.4, 0.5) is 5.82 Å². The number of aromatic nitrogens is 2. The van der Waals surface area contributed by atoms with E-state index in [0.717, 1.165) is 18.8 Å². The van der Waals surface area contributed by atoms with E-state index >= 15 is 0 Å². The molecule has 3 rings (SSSR count). The number of carbonyl (C=O) groups excluding carboxylic acids is 1. The van der Waals surface area contributed by atoms with Crippen molar-refractivity contribution in [2.24, 2.45) is 0 Å². The summed E-state index contributed by atoms with van der Waals surface area (Å²) in [4.78, 5) is 20.3. The zero-order valence-electron chi connectivity index (χ0n) is 14.0. The molecule has 0 aliphatic carbocycles. The predicted octanol–water partition coefficient (Wildman–Crippen LogP) is 1.48. The van der Waals surface area contributed by atoms with Gasteiger partial charge in [-0.1, -0.05) is 11.2 Å². The number of amides is 1. The molecule has 2 aromatic rings. The summed E-state index contributed by atoms with van der Waals surface area (Å²) in [5.74, 6) is 0.755. The number of likely N-dealkylation sites (N-methyl/N-ethyl adjacent to an activating group) is 1. The maximum Gasteiger partial charge on any atom is 0.292 e. The van der Waals surface area contributed by atoms with Gasteiger partial charge in [0.15, 0.2) is 0 Å². The van der Waals surface area contributed by atoms with Gasteiger partial charge in [0.05, 0.1) is 17.8 Å². The van der Waals surface area contributed by atoms with Crippen LogP contribution in [0, 0.1) is 6.92 Å². The van der Waals surface area contributed by atoms with Gasteiger partial charge < -0.3 is 19.4 Å². The minimum atomic E-state index is -0.977. The van der Waals surface area contributed by atoms with Crippen LogP contribution < -0.4 is 4.90 Å². The minimum absolute atomic E-state index is 0.191. The molecule has 1 N–H and O–H groups in total. The zero-order valence-corrected chi connectivity index (χ0v) is 14.0. The lowest BCUT2D eigenvalue weighted by molar-refractivity contribution is -0.00106. The Morgan fingerprint density at radius 1 is 1.50 bits per heavy atom. The van der Waals surface area contributed by atoms with Gasteiger partial charge in [0, 0.05) is 32.4 Å². The average molecular weight is 330 g/mol. The highest BCUT2D eigenvalue weighted by atomic mass is 16.5. The minimum Gasteiger partial charge on any atom is -0.386 e. The van der Waals surface area contributed by atoms with Crippen molar-refractivity contribution in [1.29, 1.82) is 0 Å². The number of hydrogen-bond acceptors (Lipinski definition) is 6. The Morgan fingerprint density at radius 2 is 2.33 bits per heavy atom. The third-order valence-corrected chi connectivity index (χ3v) is 4.25. The highest BCUT2D eigenvalue weighted by Crippen LogP contribution is 2.25. The molecule has 0 saturated carbocycles. The van der Waals surface area contributed by atoms with Gasteiger partial charge in [0.1, 0.15) is 5.82 Å². The number of carbonyl (C=O) groups is 1. The first-order chi connectivity index (χ1) is 11.5. The van der Waals surface area contributed by atoms with Gasteiger partial charge in [0.2, 0.25) is 5.76 Å². The topological polar surface area (TPSA) is 82.7 Å². The first-order valence-corrected chi connectivity index (χ1v) is 8.04. The van der Waals surface area contributed by atoms with Gasteiger partial charge in [-0.15, -0.1) is 0 Å². The molecule has 0 aromatic carbocycles. The molecule has 0 bridgehead atoms. The van der Waals surface area contributed by atoms with Crippen LogP contribution in [-0.4, -0.2) is 58.3 Å².